The van der Waals surface area contributed by atoms with E-state index in [1.807, 2.05) is 0 Å². The minimum absolute atomic E-state index is 0.180. The minimum atomic E-state index is -0.781. The molecule has 176 valence electrons. The molecule has 0 amide bonds. The van der Waals surface area contributed by atoms with Gasteiger partial charge in [0.1, 0.15) is 16.6 Å². The molecule has 0 fully saturated rings. The van der Waals surface area contributed by atoms with Gasteiger partial charge in [-0.05, 0) is 82.4 Å². The number of nitrogens with one attached hydrogen (secondary N) is 2. The van der Waals surface area contributed by atoms with Crippen LogP contribution in [0.4, 0.5) is 13.8 Å². The first kappa shape index (κ1) is 24.3. The van der Waals surface area contributed by atoms with E-state index in [9.17, 15) is 13.9 Å². The molecule has 3 aromatic rings. The van der Waals surface area contributed by atoms with Gasteiger partial charge < -0.3 is 15.7 Å². The number of aryl methyl sites for hydroxylation is 2. The van der Waals surface area contributed by atoms with Crippen molar-refractivity contribution in [2.75, 3.05) is 11.9 Å². The molecule has 2 aromatic carbocycles. The van der Waals surface area contributed by atoms with Crippen LogP contribution in [0, 0.1) is 11.6 Å². The molecule has 0 saturated heterocycles. The Hall–Kier alpha value is -1.87. The number of thiazole rings is 1. The molecule has 3 unspecified atom stereocenters. The summed E-state index contributed by atoms with van der Waals surface area (Å²) in [5.74, 6) is -1.25. The van der Waals surface area contributed by atoms with Gasteiger partial charge in [0.05, 0.1) is 18.3 Å². The Labute approximate surface area is 205 Å². The SMILES string of the molecule is CCc1ccc2c(c1)C(NCC(O)C(Cc1cc(F)cc(F)c1)Nc1cnc(Br)s1)CCC2. The van der Waals surface area contributed by atoms with Gasteiger partial charge in [0.25, 0.3) is 0 Å². The van der Waals surface area contributed by atoms with Crippen LogP contribution in [0.15, 0.2) is 46.5 Å². The fourth-order valence-electron chi connectivity index (χ4n) is 4.45. The molecule has 0 spiro atoms. The van der Waals surface area contributed by atoms with Crippen molar-refractivity contribution < 1.29 is 13.9 Å². The molecule has 1 heterocycles. The molecular weight excluding hydrogens is 508 g/mol. The van der Waals surface area contributed by atoms with E-state index in [4.69, 9.17) is 0 Å². The number of nitrogens with zero attached hydrogens (tertiary/aromatic N) is 1. The molecule has 4 rings (SSSR count). The molecular formula is C25H28BrF2N3OS. The molecule has 1 aliphatic carbocycles. The number of aliphatic hydroxyl groups is 1. The van der Waals surface area contributed by atoms with E-state index in [1.165, 1.54) is 40.2 Å². The average Bonchev–Trinajstić information content (AvgIpc) is 3.20. The van der Waals surface area contributed by atoms with Crippen LogP contribution in [0.25, 0.3) is 0 Å². The normalized spacial score (nSPS) is 17.4. The molecule has 1 aromatic heterocycles. The van der Waals surface area contributed by atoms with Crippen LogP contribution in [-0.2, 0) is 19.3 Å². The van der Waals surface area contributed by atoms with Crippen LogP contribution in [0.3, 0.4) is 0 Å². The van der Waals surface area contributed by atoms with Gasteiger partial charge in [-0.15, -0.1) is 0 Å². The molecule has 0 bridgehead atoms. The third-order valence-corrected chi connectivity index (χ3v) is 7.56. The van der Waals surface area contributed by atoms with Crippen molar-refractivity contribution in [1.82, 2.24) is 10.3 Å². The molecule has 0 radical (unpaired) electrons. The Morgan fingerprint density at radius 3 is 2.67 bits per heavy atom. The average molecular weight is 536 g/mol. The first-order chi connectivity index (χ1) is 15.9. The summed E-state index contributed by atoms with van der Waals surface area (Å²) in [5.41, 5.74) is 4.48. The number of fused-ring (bicyclic) bond motifs is 1. The summed E-state index contributed by atoms with van der Waals surface area (Å²) in [5, 5.41) is 18.7. The highest BCUT2D eigenvalue weighted by Crippen LogP contribution is 2.31. The van der Waals surface area contributed by atoms with Crippen LogP contribution in [-0.4, -0.2) is 28.8 Å². The maximum absolute atomic E-state index is 13.8. The lowest BCUT2D eigenvalue weighted by atomic mass is 9.86. The van der Waals surface area contributed by atoms with Gasteiger partial charge in [-0.1, -0.05) is 36.5 Å². The van der Waals surface area contributed by atoms with Crippen molar-refractivity contribution in [3.8, 4) is 0 Å². The summed E-state index contributed by atoms with van der Waals surface area (Å²) in [7, 11) is 0. The van der Waals surface area contributed by atoms with Crippen LogP contribution in [0.2, 0.25) is 0 Å². The van der Waals surface area contributed by atoms with Gasteiger partial charge in [-0.25, -0.2) is 13.8 Å². The van der Waals surface area contributed by atoms with Gasteiger partial charge in [-0.2, -0.15) is 0 Å². The van der Waals surface area contributed by atoms with Crippen molar-refractivity contribution in [2.24, 2.45) is 0 Å². The topological polar surface area (TPSA) is 57.2 Å². The smallest absolute Gasteiger partial charge is 0.161 e. The first-order valence-electron chi connectivity index (χ1n) is 11.3. The van der Waals surface area contributed by atoms with E-state index >= 15 is 0 Å². The summed E-state index contributed by atoms with van der Waals surface area (Å²) in [6.45, 7) is 2.51. The second-order valence-electron chi connectivity index (χ2n) is 8.52. The van der Waals surface area contributed by atoms with Crippen molar-refractivity contribution in [3.05, 3.63) is 80.4 Å². The predicted molar refractivity (Wildman–Crippen MR) is 133 cm³/mol. The van der Waals surface area contributed by atoms with Gasteiger partial charge in [0.2, 0.25) is 0 Å². The lowest BCUT2D eigenvalue weighted by Crippen LogP contribution is -2.43. The van der Waals surface area contributed by atoms with Crippen LogP contribution in [0.5, 0.6) is 0 Å². The maximum Gasteiger partial charge on any atom is 0.161 e. The number of benzene rings is 2. The minimum Gasteiger partial charge on any atom is -0.390 e. The third-order valence-electron chi connectivity index (χ3n) is 6.15. The van der Waals surface area contributed by atoms with Crippen molar-refractivity contribution in [2.45, 2.75) is 57.2 Å². The number of hydrogen-bond acceptors (Lipinski definition) is 5. The van der Waals surface area contributed by atoms with E-state index in [1.54, 1.807) is 6.20 Å². The molecule has 4 nitrogen and oxygen atoms in total. The maximum atomic E-state index is 13.8. The number of anilines is 1. The zero-order valence-corrected chi connectivity index (χ0v) is 20.9. The largest absolute Gasteiger partial charge is 0.390 e. The molecule has 3 N–H and O–H groups in total. The van der Waals surface area contributed by atoms with Gasteiger partial charge in [0.15, 0.2) is 3.92 Å². The first-order valence-corrected chi connectivity index (χ1v) is 12.9. The summed E-state index contributed by atoms with van der Waals surface area (Å²) in [6.07, 6.45) is 5.36. The van der Waals surface area contributed by atoms with E-state index in [0.29, 0.717) is 12.1 Å². The Bertz CT molecular complexity index is 1070. The van der Waals surface area contributed by atoms with Gasteiger partial charge in [-0.3, -0.25) is 0 Å². The van der Waals surface area contributed by atoms with E-state index < -0.39 is 23.8 Å². The fraction of sp³-hybridized carbons (Fsp3) is 0.400. The van der Waals surface area contributed by atoms with Crippen LogP contribution in [0.1, 0.15) is 48.1 Å². The third kappa shape index (κ3) is 6.38. The van der Waals surface area contributed by atoms with E-state index in [0.717, 1.165) is 40.7 Å². The Morgan fingerprint density at radius 1 is 1.18 bits per heavy atom. The lowest BCUT2D eigenvalue weighted by Gasteiger charge is -2.30. The molecule has 3 atom stereocenters. The summed E-state index contributed by atoms with van der Waals surface area (Å²) >= 11 is 4.75. The number of aliphatic hydroxyl groups excluding tert-OH is 1. The second-order valence-corrected chi connectivity index (χ2v) is 10.8. The molecule has 33 heavy (non-hydrogen) atoms. The number of aromatic nitrogens is 1. The highest BCUT2D eigenvalue weighted by atomic mass is 79.9. The van der Waals surface area contributed by atoms with Crippen LogP contribution >= 0.6 is 27.3 Å². The second kappa shape index (κ2) is 11.0. The zero-order valence-electron chi connectivity index (χ0n) is 18.5. The standard InChI is InChI=1S/C25H28BrF2N3OS/c1-2-15-6-7-17-4-3-5-21(20(17)10-15)29-13-23(32)22(31-24-14-30-25(26)33-24)11-16-8-18(27)12-19(28)9-16/h6-10,12,14,21-23,29,31-32H,2-5,11,13H2,1H3. The molecule has 0 aliphatic heterocycles. The van der Waals surface area contributed by atoms with Gasteiger partial charge in [0, 0.05) is 18.7 Å². The summed E-state index contributed by atoms with van der Waals surface area (Å²) in [4.78, 5) is 4.18. The lowest BCUT2D eigenvalue weighted by molar-refractivity contribution is 0.144. The monoisotopic (exact) mass is 535 g/mol. The van der Waals surface area contributed by atoms with Crippen molar-refractivity contribution in [3.63, 3.8) is 0 Å². The number of hydrogen-bond donors (Lipinski definition) is 3. The summed E-state index contributed by atoms with van der Waals surface area (Å²) in [6, 6.07) is 9.91. The Morgan fingerprint density at radius 2 is 1.97 bits per heavy atom. The molecule has 1 aliphatic rings. The Kier molecular flexibility index (Phi) is 8.11. The molecule has 0 saturated carbocycles. The van der Waals surface area contributed by atoms with E-state index in [2.05, 4.69) is 56.7 Å². The quantitative estimate of drug-likeness (QED) is 0.324. The Balaban J connectivity index is 1.49. The predicted octanol–water partition coefficient (Wildman–Crippen LogP) is 5.80. The summed E-state index contributed by atoms with van der Waals surface area (Å²) < 4.78 is 28.2. The fourth-order valence-corrected chi connectivity index (χ4v) is 5.68. The zero-order chi connectivity index (χ0) is 23.4. The van der Waals surface area contributed by atoms with Gasteiger partial charge >= 0.3 is 0 Å². The van der Waals surface area contributed by atoms with Crippen molar-refractivity contribution >= 4 is 32.3 Å². The highest BCUT2D eigenvalue weighted by molar-refractivity contribution is 9.11. The molecule has 8 heteroatoms. The highest BCUT2D eigenvalue weighted by Gasteiger charge is 2.25. The number of halogens is 3. The van der Waals surface area contributed by atoms with Crippen molar-refractivity contribution in [1.29, 1.82) is 0 Å². The van der Waals surface area contributed by atoms with Crippen LogP contribution < -0.4 is 10.6 Å². The van der Waals surface area contributed by atoms with E-state index in [-0.39, 0.29) is 12.5 Å². The number of rotatable bonds is 9.